The lowest BCUT2D eigenvalue weighted by Gasteiger charge is -2.11. The Kier molecular flexibility index (Phi) is 5.79. The van der Waals surface area contributed by atoms with E-state index in [1.807, 2.05) is 0 Å². The van der Waals surface area contributed by atoms with E-state index in [1.54, 1.807) is 6.92 Å². The number of amides is 1. The Morgan fingerprint density at radius 1 is 1.38 bits per heavy atom. The van der Waals surface area contributed by atoms with Crippen LogP contribution in [0.25, 0.3) is 0 Å². The predicted molar refractivity (Wildman–Crippen MR) is 83.8 cm³/mol. The van der Waals surface area contributed by atoms with E-state index in [2.05, 4.69) is 36.4 Å². The third-order valence-corrected chi connectivity index (χ3v) is 3.25. The zero-order chi connectivity index (χ0) is 16.0. The van der Waals surface area contributed by atoms with Crippen LogP contribution < -0.4 is 10.1 Å². The molecule has 6 heteroatoms. The number of ether oxygens (including phenoxy) is 2. The molecule has 0 radical (unpaired) electrons. The number of rotatable bonds is 3. The highest BCUT2D eigenvalue weighted by molar-refractivity contribution is 6.83. The van der Waals surface area contributed by atoms with Crippen LogP contribution in [0.1, 0.15) is 12.5 Å². The molecule has 1 amide bonds. The molecule has 0 unspecified atom stereocenters. The van der Waals surface area contributed by atoms with Crippen LogP contribution in [0.4, 0.5) is 14.9 Å². The van der Waals surface area contributed by atoms with Crippen molar-refractivity contribution in [2.24, 2.45) is 0 Å². The van der Waals surface area contributed by atoms with Crippen molar-refractivity contribution in [1.82, 2.24) is 0 Å². The van der Waals surface area contributed by atoms with E-state index in [0.717, 1.165) is 0 Å². The lowest BCUT2D eigenvalue weighted by atomic mass is 10.1. The summed E-state index contributed by atoms with van der Waals surface area (Å²) >= 11 is 0. The molecule has 0 aliphatic rings. The molecule has 1 N–H and O–H groups in total. The molecule has 0 spiro atoms. The van der Waals surface area contributed by atoms with Crippen molar-refractivity contribution in [3.63, 3.8) is 0 Å². The van der Waals surface area contributed by atoms with Gasteiger partial charge in [-0.3, -0.25) is 5.32 Å². The molecule has 0 aliphatic heterocycles. The second kappa shape index (κ2) is 7.13. The zero-order valence-electron chi connectivity index (χ0n) is 13.0. The van der Waals surface area contributed by atoms with E-state index in [0.29, 0.717) is 5.56 Å². The van der Waals surface area contributed by atoms with Crippen LogP contribution in [0.15, 0.2) is 12.1 Å². The van der Waals surface area contributed by atoms with Gasteiger partial charge in [0.1, 0.15) is 8.07 Å². The summed E-state index contributed by atoms with van der Waals surface area (Å²) in [5.41, 5.74) is 3.95. The molecule has 114 valence electrons. The Hall–Kier alpha value is -2.00. The smallest absolute Gasteiger partial charge is 0.411 e. The first-order chi connectivity index (χ1) is 9.76. The standard InChI is InChI=1S/C15H20FNO3Si/c1-6-20-15(18)17-13-10-12(16)14(19-2)9-11(13)7-8-21(3,4)5/h9-10H,6H2,1-5H3,(H,17,18). The van der Waals surface area contributed by atoms with E-state index < -0.39 is 20.0 Å². The van der Waals surface area contributed by atoms with Gasteiger partial charge in [-0.05, 0) is 6.92 Å². The number of anilines is 1. The Morgan fingerprint density at radius 2 is 2.05 bits per heavy atom. The van der Waals surface area contributed by atoms with Gasteiger partial charge < -0.3 is 9.47 Å². The van der Waals surface area contributed by atoms with Crippen molar-refractivity contribution in [2.75, 3.05) is 19.0 Å². The molecule has 1 aromatic rings. The van der Waals surface area contributed by atoms with Crippen molar-refractivity contribution in [2.45, 2.75) is 26.6 Å². The number of carbonyl (C=O) groups is 1. The van der Waals surface area contributed by atoms with Crippen LogP contribution in [-0.4, -0.2) is 27.9 Å². The number of hydrogen-bond acceptors (Lipinski definition) is 3. The Morgan fingerprint density at radius 3 is 2.57 bits per heavy atom. The van der Waals surface area contributed by atoms with Crippen LogP contribution in [0.2, 0.25) is 19.6 Å². The molecular formula is C15H20FNO3Si. The summed E-state index contributed by atoms with van der Waals surface area (Å²) < 4.78 is 23.5. The lowest BCUT2D eigenvalue weighted by Crippen LogP contribution is -2.17. The summed E-state index contributed by atoms with van der Waals surface area (Å²) in [6.45, 7) is 8.22. The number of nitrogens with one attached hydrogen (secondary N) is 1. The fraction of sp³-hybridized carbons (Fsp3) is 0.400. The third-order valence-electron chi connectivity index (χ3n) is 2.38. The molecule has 0 atom stereocenters. The van der Waals surface area contributed by atoms with Gasteiger partial charge in [-0.2, -0.15) is 0 Å². The van der Waals surface area contributed by atoms with Gasteiger partial charge >= 0.3 is 6.09 Å². The second-order valence-corrected chi connectivity index (χ2v) is 10.1. The van der Waals surface area contributed by atoms with Crippen LogP contribution in [0, 0.1) is 17.3 Å². The summed E-state index contributed by atoms with van der Waals surface area (Å²) in [5.74, 6) is 2.52. The van der Waals surface area contributed by atoms with E-state index in [-0.39, 0.29) is 18.0 Å². The minimum atomic E-state index is -1.60. The van der Waals surface area contributed by atoms with Gasteiger partial charge in [-0.15, -0.1) is 5.54 Å². The molecule has 21 heavy (non-hydrogen) atoms. The molecule has 0 aromatic heterocycles. The first kappa shape index (κ1) is 17.0. The Balaban J connectivity index is 3.22. The summed E-state index contributed by atoms with van der Waals surface area (Å²) in [4.78, 5) is 11.5. The van der Waals surface area contributed by atoms with Crippen molar-refractivity contribution >= 4 is 19.9 Å². The van der Waals surface area contributed by atoms with Crippen molar-refractivity contribution in [3.8, 4) is 17.2 Å². The van der Waals surface area contributed by atoms with Gasteiger partial charge in [0.05, 0.1) is 25.0 Å². The quantitative estimate of drug-likeness (QED) is 0.685. The van der Waals surface area contributed by atoms with Crippen molar-refractivity contribution in [3.05, 3.63) is 23.5 Å². The molecule has 0 saturated carbocycles. The molecule has 1 rings (SSSR count). The Bertz CT molecular complexity index is 585. The normalized spacial score (nSPS) is 10.4. The van der Waals surface area contributed by atoms with Crippen LogP contribution >= 0.6 is 0 Å². The maximum atomic E-state index is 13.8. The monoisotopic (exact) mass is 309 g/mol. The van der Waals surface area contributed by atoms with E-state index in [9.17, 15) is 9.18 Å². The first-order valence-corrected chi connectivity index (χ1v) is 10.1. The second-order valence-electron chi connectivity index (χ2n) is 5.38. The minimum absolute atomic E-state index is 0.0873. The van der Waals surface area contributed by atoms with Crippen LogP contribution in [0.5, 0.6) is 5.75 Å². The first-order valence-electron chi connectivity index (χ1n) is 6.61. The molecular weight excluding hydrogens is 289 g/mol. The van der Waals surface area contributed by atoms with Crippen LogP contribution in [-0.2, 0) is 4.74 Å². The highest BCUT2D eigenvalue weighted by Gasteiger charge is 2.13. The van der Waals surface area contributed by atoms with Gasteiger partial charge in [0.2, 0.25) is 0 Å². The number of carbonyl (C=O) groups excluding carboxylic acids is 1. The molecule has 0 heterocycles. The lowest BCUT2D eigenvalue weighted by molar-refractivity contribution is 0.168. The SMILES string of the molecule is CCOC(=O)Nc1cc(F)c(OC)cc1C#C[Si](C)(C)C. The van der Waals surface area contributed by atoms with Gasteiger partial charge in [-0.1, -0.05) is 25.6 Å². The summed E-state index contributed by atoms with van der Waals surface area (Å²) in [6.07, 6.45) is -0.641. The van der Waals surface area contributed by atoms with Crippen molar-refractivity contribution < 1.29 is 18.7 Å². The van der Waals surface area contributed by atoms with Gasteiger partial charge in [0.25, 0.3) is 0 Å². The number of methoxy groups -OCH3 is 1. The van der Waals surface area contributed by atoms with Crippen molar-refractivity contribution in [1.29, 1.82) is 0 Å². The zero-order valence-corrected chi connectivity index (χ0v) is 14.0. The van der Waals surface area contributed by atoms with Gasteiger partial charge in [-0.25, -0.2) is 9.18 Å². The van der Waals surface area contributed by atoms with Gasteiger partial charge in [0.15, 0.2) is 11.6 Å². The summed E-state index contributed by atoms with van der Waals surface area (Å²) in [6, 6.07) is 2.66. The molecule has 0 bridgehead atoms. The molecule has 0 aliphatic carbocycles. The summed E-state index contributed by atoms with van der Waals surface area (Å²) in [7, 11) is -0.217. The molecule has 0 saturated heterocycles. The average molecular weight is 309 g/mol. The highest BCUT2D eigenvalue weighted by atomic mass is 28.3. The molecule has 4 nitrogen and oxygen atoms in total. The number of hydrogen-bond donors (Lipinski definition) is 1. The fourth-order valence-corrected chi connectivity index (χ4v) is 1.96. The van der Waals surface area contributed by atoms with Crippen LogP contribution in [0.3, 0.4) is 0 Å². The molecule has 1 aromatic carbocycles. The van der Waals surface area contributed by atoms with E-state index in [1.165, 1.54) is 19.2 Å². The highest BCUT2D eigenvalue weighted by Crippen LogP contribution is 2.25. The fourth-order valence-electron chi connectivity index (χ4n) is 1.45. The summed E-state index contributed by atoms with van der Waals surface area (Å²) in [5, 5.41) is 2.50. The topological polar surface area (TPSA) is 47.6 Å². The Labute approximate surface area is 125 Å². The minimum Gasteiger partial charge on any atom is -0.494 e. The third kappa shape index (κ3) is 5.48. The predicted octanol–water partition coefficient (Wildman–Crippen LogP) is 3.63. The average Bonchev–Trinajstić information content (AvgIpc) is 2.37. The molecule has 0 fully saturated rings. The van der Waals surface area contributed by atoms with Gasteiger partial charge in [0, 0.05) is 12.1 Å². The van der Waals surface area contributed by atoms with E-state index >= 15 is 0 Å². The maximum Gasteiger partial charge on any atom is 0.411 e. The number of halogens is 1. The maximum absolute atomic E-state index is 13.8. The van der Waals surface area contributed by atoms with E-state index in [4.69, 9.17) is 9.47 Å². The number of benzene rings is 1. The largest absolute Gasteiger partial charge is 0.494 e.